The number of carbonyl (C=O) groups is 1. The average molecular weight is 357 g/mol. The number of anilines is 1. The lowest BCUT2D eigenvalue weighted by Crippen LogP contribution is -2.24. The lowest BCUT2D eigenvalue weighted by molar-refractivity contribution is -0.113. The number of carbonyl (C=O) groups excluding carboxylic acids is 1. The molecule has 0 aromatic heterocycles. The number of halogens is 3. The van der Waals surface area contributed by atoms with Gasteiger partial charge in [0.1, 0.15) is 5.82 Å². The molecular formula is C18H26F3N3O. The highest BCUT2D eigenvalue weighted by Crippen LogP contribution is 2.26. The maximum Gasteiger partial charge on any atom is 0.253 e. The normalized spacial score (nSPS) is 12.4. The van der Waals surface area contributed by atoms with E-state index in [4.69, 9.17) is 5.84 Å². The monoisotopic (exact) mass is 357 g/mol. The van der Waals surface area contributed by atoms with Gasteiger partial charge in [-0.15, -0.1) is 0 Å². The smallest absolute Gasteiger partial charge is 0.253 e. The van der Waals surface area contributed by atoms with Gasteiger partial charge in [-0.05, 0) is 42.0 Å². The fraction of sp³-hybridized carbons (Fsp3) is 0.500. The Morgan fingerprint density at radius 1 is 1.36 bits per heavy atom. The molecule has 0 heterocycles. The minimum absolute atomic E-state index is 0.0383. The SMILES string of the molecule is CN(N)/C=C(\CC(F)F)C(=O)Nc1ccc(F)cc1CCC(C)(C)C. The third kappa shape index (κ3) is 8.07. The highest BCUT2D eigenvalue weighted by Gasteiger charge is 2.18. The lowest BCUT2D eigenvalue weighted by Gasteiger charge is -2.20. The highest BCUT2D eigenvalue weighted by atomic mass is 19.3. The number of rotatable bonds is 7. The Bertz CT molecular complexity index is 622. The van der Waals surface area contributed by atoms with Gasteiger partial charge in [-0.3, -0.25) is 4.79 Å². The van der Waals surface area contributed by atoms with Crippen molar-refractivity contribution in [1.82, 2.24) is 5.01 Å². The van der Waals surface area contributed by atoms with Crippen LogP contribution in [0.15, 0.2) is 30.0 Å². The molecule has 0 saturated heterocycles. The van der Waals surface area contributed by atoms with Crippen LogP contribution in [0, 0.1) is 11.2 Å². The number of nitrogens with two attached hydrogens (primary N) is 1. The fourth-order valence-corrected chi connectivity index (χ4v) is 2.22. The van der Waals surface area contributed by atoms with Gasteiger partial charge in [-0.25, -0.2) is 19.0 Å². The number of alkyl halides is 2. The van der Waals surface area contributed by atoms with E-state index >= 15 is 0 Å². The summed E-state index contributed by atoms with van der Waals surface area (Å²) in [5, 5.41) is 3.64. The van der Waals surface area contributed by atoms with E-state index in [1.165, 1.54) is 25.2 Å². The summed E-state index contributed by atoms with van der Waals surface area (Å²) in [5.74, 6) is 4.34. The van der Waals surface area contributed by atoms with Crippen molar-refractivity contribution >= 4 is 11.6 Å². The number of nitrogens with one attached hydrogen (secondary N) is 1. The van der Waals surface area contributed by atoms with Crippen molar-refractivity contribution in [3.05, 3.63) is 41.4 Å². The van der Waals surface area contributed by atoms with Crippen LogP contribution in [0.4, 0.5) is 18.9 Å². The maximum atomic E-state index is 13.6. The van der Waals surface area contributed by atoms with Crippen LogP contribution in [0.1, 0.15) is 39.2 Å². The van der Waals surface area contributed by atoms with Gasteiger partial charge >= 0.3 is 0 Å². The van der Waals surface area contributed by atoms with E-state index in [0.29, 0.717) is 17.7 Å². The van der Waals surface area contributed by atoms with Crippen LogP contribution in [0.25, 0.3) is 0 Å². The standard InChI is InChI=1S/C18H26F3N3O/c1-18(2,3)8-7-12-9-14(19)5-6-15(12)23-17(25)13(10-16(20)21)11-24(4)22/h5-6,9,11,16H,7-8,10,22H2,1-4H3,(H,23,25)/b13-11+. The molecule has 0 fully saturated rings. The minimum Gasteiger partial charge on any atom is -0.322 e. The Labute approximate surface area is 146 Å². The fourth-order valence-electron chi connectivity index (χ4n) is 2.22. The summed E-state index contributed by atoms with van der Waals surface area (Å²) in [6.07, 6.45) is -0.900. The summed E-state index contributed by atoms with van der Waals surface area (Å²) >= 11 is 0. The first-order valence-corrected chi connectivity index (χ1v) is 8.04. The van der Waals surface area contributed by atoms with Gasteiger partial charge in [0.2, 0.25) is 6.43 Å². The molecular weight excluding hydrogens is 331 g/mol. The van der Waals surface area contributed by atoms with Crippen LogP contribution in [0.3, 0.4) is 0 Å². The van der Waals surface area contributed by atoms with Gasteiger partial charge in [0, 0.05) is 30.9 Å². The molecule has 1 rings (SSSR count). The molecule has 0 unspecified atom stereocenters. The first kappa shape index (κ1) is 21.0. The molecule has 3 N–H and O–H groups in total. The molecule has 0 spiro atoms. The molecule has 1 amide bonds. The predicted octanol–water partition coefficient (Wildman–Crippen LogP) is 4.09. The lowest BCUT2D eigenvalue weighted by atomic mass is 9.88. The average Bonchev–Trinajstić information content (AvgIpc) is 2.45. The van der Waals surface area contributed by atoms with E-state index in [9.17, 15) is 18.0 Å². The van der Waals surface area contributed by atoms with Crippen molar-refractivity contribution < 1.29 is 18.0 Å². The third-order valence-corrected chi connectivity index (χ3v) is 3.49. The quantitative estimate of drug-likeness (QED) is 0.439. The van der Waals surface area contributed by atoms with Crippen molar-refractivity contribution in [2.45, 2.75) is 46.5 Å². The number of hydrogen-bond acceptors (Lipinski definition) is 3. The zero-order valence-electron chi connectivity index (χ0n) is 15.1. The summed E-state index contributed by atoms with van der Waals surface area (Å²) in [7, 11) is 1.44. The summed E-state index contributed by atoms with van der Waals surface area (Å²) in [6.45, 7) is 6.18. The van der Waals surface area contributed by atoms with Gasteiger partial charge in [0.05, 0.1) is 0 Å². The molecule has 0 atom stereocenters. The molecule has 140 valence electrons. The number of amides is 1. The third-order valence-electron chi connectivity index (χ3n) is 3.49. The zero-order valence-corrected chi connectivity index (χ0v) is 15.1. The van der Waals surface area contributed by atoms with E-state index in [1.807, 2.05) is 0 Å². The van der Waals surface area contributed by atoms with Crippen LogP contribution in [-0.4, -0.2) is 24.4 Å². The molecule has 1 aromatic carbocycles. The minimum atomic E-state index is -2.68. The Kier molecular flexibility index (Phi) is 7.48. The number of aryl methyl sites for hydroxylation is 1. The molecule has 1 aromatic rings. The van der Waals surface area contributed by atoms with E-state index in [-0.39, 0.29) is 11.0 Å². The predicted molar refractivity (Wildman–Crippen MR) is 93.5 cm³/mol. The maximum absolute atomic E-state index is 13.6. The summed E-state index contributed by atoms with van der Waals surface area (Å²) < 4.78 is 38.9. The first-order chi connectivity index (χ1) is 11.5. The molecule has 0 saturated carbocycles. The molecule has 0 bridgehead atoms. The highest BCUT2D eigenvalue weighted by molar-refractivity contribution is 6.04. The van der Waals surface area contributed by atoms with Gasteiger partial charge in [-0.1, -0.05) is 20.8 Å². The topological polar surface area (TPSA) is 58.4 Å². The Morgan fingerprint density at radius 3 is 2.52 bits per heavy atom. The van der Waals surface area contributed by atoms with Gasteiger partial charge < -0.3 is 10.3 Å². The molecule has 25 heavy (non-hydrogen) atoms. The van der Waals surface area contributed by atoms with E-state index in [2.05, 4.69) is 26.1 Å². The first-order valence-electron chi connectivity index (χ1n) is 8.04. The van der Waals surface area contributed by atoms with Gasteiger partial charge in [0.15, 0.2) is 0 Å². The molecule has 0 aliphatic carbocycles. The van der Waals surface area contributed by atoms with Crippen LogP contribution in [-0.2, 0) is 11.2 Å². The van der Waals surface area contributed by atoms with Crippen molar-refractivity contribution in [2.75, 3.05) is 12.4 Å². The number of nitrogens with zero attached hydrogens (tertiary/aromatic N) is 1. The van der Waals surface area contributed by atoms with Crippen LogP contribution in [0.5, 0.6) is 0 Å². The van der Waals surface area contributed by atoms with Crippen molar-refractivity contribution in [1.29, 1.82) is 0 Å². The van der Waals surface area contributed by atoms with Gasteiger partial charge in [0.25, 0.3) is 5.91 Å². The zero-order chi connectivity index (χ0) is 19.2. The van der Waals surface area contributed by atoms with E-state index in [1.54, 1.807) is 0 Å². The van der Waals surface area contributed by atoms with Crippen molar-refractivity contribution in [3.8, 4) is 0 Å². The van der Waals surface area contributed by atoms with Crippen LogP contribution < -0.4 is 11.2 Å². The second kappa shape index (κ2) is 8.89. The number of hydrazine groups is 1. The van der Waals surface area contributed by atoms with Gasteiger partial charge in [-0.2, -0.15) is 0 Å². The largest absolute Gasteiger partial charge is 0.322 e. The second-order valence-corrected chi connectivity index (χ2v) is 7.23. The molecule has 0 aliphatic rings. The van der Waals surface area contributed by atoms with Crippen molar-refractivity contribution in [3.63, 3.8) is 0 Å². The summed E-state index contributed by atoms with van der Waals surface area (Å²) in [5.41, 5.74) is 0.929. The Hall–Kier alpha value is -2.02. The summed E-state index contributed by atoms with van der Waals surface area (Å²) in [6, 6.07) is 4.02. The van der Waals surface area contributed by atoms with E-state index < -0.39 is 24.6 Å². The second-order valence-electron chi connectivity index (χ2n) is 7.23. The molecule has 0 radical (unpaired) electrons. The molecule has 4 nitrogen and oxygen atoms in total. The number of benzene rings is 1. The number of hydrogen-bond donors (Lipinski definition) is 2. The molecule has 7 heteroatoms. The van der Waals surface area contributed by atoms with Crippen molar-refractivity contribution in [2.24, 2.45) is 11.3 Å². The molecule has 0 aliphatic heterocycles. The van der Waals surface area contributed by atoms with Crippen LogP contribution in [0.2, 0.25) is 0 Å². The van der Waals surface area contributed by atoms with Crippen LogP contribution >= 0.6 is 0 Å². The van der Waals surface area contributed by atoms with E-state index in [0.717, 1.165) is 17.6 Å². The Balaban J connectivity index is 3.01. The summed E-state index contributed by atoms with van der Waals surface area (Å²) in [4.78, 5) is 12.3. The Morgan fingerprint density at radius 2 is 2.00 bits per heavy atom.